The molecule has 0 unspecified atom stereocenters. The van der Waals surface area contributed by atoms with Crippen LogP contribution in [0.15, 0.2) is 67.3 Å². The van der Waals surface area contributed by atoms with Gasteiger partial charge >= 0.3 is 0 Å². The molecule has 6 heteroatoms. The maximum atomic E-state index is 11.8. The summed E-state index contributed by atoms with van der Waals surface area (Å²) in [4.78, 5) is 16.2. The Bertz CT molecular complexity index is 1130. The van der Waals surface area contributed by atoms with Crippen molar-refractivity contribution in [2.75, 3.05) is 19.0 Å². The van der Waals surface area contributed by atoms with E-state index in [1.807, 2.05) is 50.0 Å². The predicted molar refractivity (Wildman–Crippen MR) is 110 cm³/mol. The highest BCUT2D eigenvalue weighted by atomic mass is 16.5. The van der Waals surface area contributed by atoms with E-state index < -0.39 is 0 Å². The third kappa shape index (κ3) is 3.63. The van der Waals surface area contributed by atoms with Crippen molar-refractivity contribution in [2.45, 2.75) is 0 Å². The van der Waals surface area contributed by atoms with Crippen molar-refractivity contribution in [3.8, 4) is 22.3 Å². The molecule has 0 atom stereocenters. The minimum Gasteiger partial charge on any atom is -0.375 e. The van der Waals surface area contributed by atoms with Gasteiger partial charge in [0, 0.05) is 54.9 Å². The number of aryl methyl sites for hydroxylation is 1. The highest BCUT2D eigenvalue weighted by Gasteiger charge is 2.08. The fourth-order valence-corrected chi connectivity index (χ4v) is 3.21. The van der Waals surface area contributed by atoms with Crippen LogP contribution < -0.4 is 5.32 Å². The summed E-state index contributed by atoms with van der Waals surface area (Å²) in [5.41, 5.74) is 4.99. The van der Waals surface area contributed by atoms with E-state index in [4.69, 9.17) is 4.74 Å². The van der Waals surface area contributed by atoms with Crippen LogP contribution in [0.1, 0.15) is 0 Å². The number of ether oxygens (including phenoxy) is 1. The molecule has 0 aliphatic carbocycles. The van der Waals surface area contributed by atoms with Gasteiger partial charge in [0.25, 0.3) is 0 Å². The van der Waals surface area contributed by atoms with Gasteiger partial charge in [0.2, 0.25) is 5.91 Å². The Labute approximate surface area is 162 Å². The lowest BCUT2D eigenvalue weighted by molar-refractivity contribution is -0.119. The molecule has 0 aliphatic heterocycles. The molecule has 1 N–H and O–H groups in total. The summed E-state index contributed by atoms with van der Waals surface area (Å²) in [6, 6.07) is 14.1. The number of fused-ring (bicyclic) bond motifs is 1. The Morgan fingerprint density at radius 2 is 1.82 bits per heavy atom. The average Bonchev–Trinajstić information content (AvgIpc) is 3.14. The second-order valence-corrected chi connectivity index (χ2v) is 6.58. The summed E-state index contributed by atoms with van der Waals surface area (Å²) in [6.45, 7) is 0.0248. The monoisotopic (exact) mass is 372 g/mol. The number of carbonyl (C=O) groups excluding carboxylic acids is 1. The molecule has 2 heterocycles. The van der Waals surface area contributed by atoms with Crippen molar-refractivity contribution in [3.05, 3.63) is 67.3 Å². The largest absolute Gasteiger partial charge is 0.375 e. The van der Waals surface area contributed by atoms with Crippen molar-refractivity contribution in [3.63, 3.8) is 0 Å². The van der Waals surface area contributed by atoms with Crippen LogP contribution >= 0.6 is 0 Å². The highest BCUT2D eigenvalue weighted by Crippen LogP contribution is 2.31. The third-order valence-corrected chi connectivity index (χ3v) is 4.55. The molecule has 0 radical (unpaired) electrons. The number of pyridine rings is 1. The quantitative estimate of drug-likeness (QED) is 0.577. The van der Waals surface area contributed by atoms with Crippen molar-refractivity contribution in [1.29, 1.82) is 0 Å². The van der Waals surface area contributed by atoms with Crippen LogP contribution in [0.4, 0.5) is 5.69 Å². The molecular weight excluding hydrogens is 352 g/mol. The Morgan fingerprint density at radius 3 is 2.54 bits per heavy atom. The van der Waals surface area contributed by atoms with Crippen LogP contribution in [0.25, 0.3) is 33.0 Å². The summed E-state index contributed by atoms with van der Waals surface area (Å²) in [5, 5.41) is 9.12. The summed E-state index contributed by atoms with van der Waals surface area (Å²) < 4.78 is 6.67. The van der Waals surface area contributed by atoms with E-state index >= 15 is 0 Å². The van der Waals surface area contributed by atoms with Crippen molar-refractivity contribution < 1.29 is 9.53 Å². The summed E-state index contributed by atoms with van der Waals surface area (Å²) in [5.74, 6) is -0.182. The highest BCUT2D eigenvalue weighted by molar-refractivity contribution is 6.00. The number of benzene rings is 2. The van der Waals surface area contributed by atoms with Crippen LogP contribution in [-0.2, 0) is 16.6 Å². The van der Waals surface area contributed by atoms with Crippen molar-refractivity contribution in [2.24, 2.45) is 7.05 Å². The van der Waals surface area contributed by atoms with Crippen LogP contribution in [0.5, 0.6) is 0 Å². The predicted octanol–water partition coefficient (Wildman–Crippen LogP) is 3.89. The molecule has 6 nitrogen and oxygen atoms in total. The number of anilines is 1. The Balaban J connectivity index is 1.70. The zero-order valence-corrected chi connectivity index (χ0v) is 15.7. The zero-order chi connectivity index (χ0) is 19.5. The van der Waals surface area contributed by atoms with Gasteiger partial charge in [-0.3, -0.25) is 14.5 Å². The standard InChI is InChI=1S/C22H20N4O2/c1-26-13-18(11-24-26)15-3-5-16(6-4-15)21-12-23-10-17-7-8-19(9-20(17)21)25-22(27)14-28-2/h3-13H,14H2,1-2H3,(H,25,27). The van der Waals surface area contributed by atoms with Gasteiger partial charge in [0.15, 0.2) is 0 Å². The number of rotatable bonds is 5. The van der Waals surface area contributed by atoms with Gasteiger partial charge in [-0.25, -0.2) is 0 Å². The SMILES string of the molecule is COCC(=O)Nc1ccc2cncc(-c3ccc(-c4cnn(C)c4)cc3)c2c1. The molecule has 0 bridgehead atoms. The number of nitrogens with zero attached hydrogens (tertiary/aromatic N) is 3. The van der Waals surface area contributed by atoms with Crippen LogP contribution in [-0.4, -0.2) is 34.4 Å². The van der Waals surface area contributed by atoms with Gasteiger partial charge in [-0.15, -0.1) is 0 Å². The second-order valence-electron chi connectivity index (χ2n) is 6.58. The maximum Gasteiger partial charge on any atom is 0.250 e. The average molecular weight is 372 g/mol. The zero-order valence-electron chi connectivity index (χ0n) is 15.7. The number of aromatic nitrogens is 3. The van der Waals surface area contributed by atoms with E-state index in [9.17, 15) is 4.79 Å². The van der Waals surface area contributed by atoms with E-state index in [1.54, 1.807) is 4.68 Å². The maximum absolute atomic E-state index is 11.8. The number of amides is 1. The molecule has 0 saturated heterocycles. The molecule has 4 rings (SSSR count). The molecule has 28 heavy (non-hydrogen) atoms. The lowest BCUT2D eigenvalue weighted by atomic mass is 9.98. The number of methoxy groups -OCH3 is 1. The topological polar surface area (TPSA) is 69.0 Å². The van der Waals surface area contributed by atoms with Gasteiger partial charge in [0.1, 0.15) is 6.61 Å². The van der Waals surface area contributed by atoms with E-state index in [0.29, 0.717) is 0 Å². The minimum absolute atomic E-state index is 0.0248. The van der Waals surface area contributed by atoms with E-state index in [2.05, 4.69) is 39.7 Å². The minimum atomic E-state index is -0.182. The normalized spacial score (nSPS) is 10.9. The third-order valence-electron chi connectivity index (χ3n) is 4.55. The van der Waals surface area contributed by atoms with Gasteiger partial charge in [0.05, 0.1) is 6.20 Å². The molecule has 0 spiro atoms. The first-order valence-corrected chi connectivity index (χ1v) is 8.90. The first-order chi connectivity index (χ1) is 13.6. The van der Waals surface area contributed by atoms with Gasteiger partial charge in [-0.2, -0.15) is 5.10 Å². The molecule has 1 amide bonds. The number of hydrogen-bond acceptors (Lipinski definition) is 4. The lowest BCUT2D eigenvalue weighted by Crippen LogP contribution is -2.16. The van der Waals surface area contributed by atoms with Crippen LogP contribution in [0, 0.1) is 0 Å². The fraction of sp³-hybridized carbons (Fsp3) is 0.136. The molecule has 2 aromatic heterocycles. The fourth-order valence-electron chi connectivity index (χ4n) is 3.21. The first-order valence-electron chi connectivity index (χ1n) is 8.90. The molecule has 0 saturated carbocycles. The molecule has 140 valence electrons. The second kappa shape index (κ2) is 7.62. The molecule has 2 aromatic carbocycles. The van der Waals surface area contributed by atoms with E-state index in [-0.39, 0.29) is 12.5 Å². The van der Waals surface area contributed by atoms with Gasteiger partial charge < -0.3 is 10.1 Å². The summed E-state index contributed by atoms with van der Waals surface area (Å²) >= 11 is 0. The summed E-state index contributed by atoms with van der Waals surface area (Å²) in [7, 11) is 3.40. The smallest absolute Gasteiger partial charge is 0.250 e. The van der Waals surface area contributed by atoms with Gasteiger partial charge in [-0.1, -0.05) is 30.3 Å². The van der Waals surface area contributed by atoms with Gasteiger partial charge in [-0.05, 0) is 28.6 Å². The lowest BCUT2D eigenvalue weighted by Gasteiger charge is -2.10. The Morgan fingerprint density at radius 1 is 1.04 bits per heavy atom. The Hall–Kier alpha value is -3.51. The molecule has 0 aliphatic rings. The summed E-state index contributed by atoms with van der Waals surface area (Å²) in [6.07, 6.45) is 7.51. The first kappa shape index (κ1) is 17.9. The van der Waals surface area contributed by atoms with Crippen LogP contribution in [0.2, 0.25) is 0 Å². The number of hydrogen-bond donors (Lipinski definition) is 1. The number of nitrogens with one attached hydrogen (secondary N) is 1. The number of carbonyl (C=O) groups is 1. The van der Waals surface area contributed by atoms with E-state index in [0.717, 1.165) is 38.7 Å². The van der Waals surface area contributed by atoms with Crippen molar-refractivity contribution in [1.82, 2.24) is 14.8 Å². The van der Waals surface area contributed by atoms with Crippen molar-refractivity contribution >= 4 is 22.4 Å². The van der Waals surface area contributed by atoms with E-state index in [1.165, 1.54) is 7.11 Å². The van der Waals surface area contributed by atoms with Crippen LogP contribution in [0.3, 0.4) is 0 Å². The molecule has 4 aromatic rings. The molecular formula is C22H20N4O2. The molecule has 0 fully saturated rings. The Kier molecular flexibility index (Phi) is 4.87.